The lowest BCUT2D eigenvalue weighted by Crippen LogP contribution is -2.22. The molecule has 2 aliphatic heterocycles. The Bertz CT molecular complexity index is 353. The van der Waals surface area contributed by atoms with E-state index in [4.69, 9.17) is 4.74 Å². The molecule has 0 spiro atoms. The molecule has 0 bridgehead atoms. The lowest BCUT2D eigenvalue weighted by atomic mass is 10.0. The third-order valence-electron chi connectivity index (χ3n) is 3.64. The summed E-state index contributed by atoms with van der Waals surface area (Å²) in [6.07, 6.45) is 0. The lowest BCUT2D eigenvalue weighted by Gasteiger charge is -2.16. The van der Waals surface area contributed by atoms with Crippen molar-refractivity contribution >= 4 is 0 Å². The van der Waals surface area contributed by atoms with Gasteiger partial charge in [0.15, 0.2) is 0 Å². The minimum atomic E-state index is -0.157. The van der Waals surface area contributed by atoms with Crippen molar-refractivity contribution in [3.8, 4) is 0 Å². The number of nitrogens with zero attached hydrogens (tertiary/aromatic N) is 1. The van der Waals surface area contributed by atoms with Gasteiger partial charge in [-0.2, -0.15) is 0 Å². The van der Waals surface area contributed by atoms with E-state index in [0.29, 0.717) is 0 Å². The Balaban J connectivity index is 1.62. The summed E-state index contributed by atoms with van der Waals surface area (Å²) >= 11 is 0. The van der Waals surface area contributed by atoms with E-state index in [2.05, 4.69) is 4.90 Å². The fourth-order valence-corrected chi connectivity index (χ4v) is 2.76. The summed E-state index contributed by atoms with van der Waals surface area (Å²) in [5, 5.41) is 0. The third-order valence-corrected chi connectivity index (χ3v) is 3.64. The van der Waals surface area contributed by atoms with Gasteiger partial charge in [-0.3, -0.25) is 4.90 Å². The highest BCUT2D eigenvalue weighted by Gasteiger charge is 2.36. The van der Waals surface area contributed by atoms with Crippen LogP contribution in [0.5, 0.6) is 0 Å². The van der Waals surface area contributed by atoms with Crippen LogP contribution in [0.1, 0.15) is 5.56 Å². The molecule has 2 nitrogen and oxygen atoms in total. The largest absolute Gasteiger partial charge is 0.381 e. The number of rotatable bonds is 2. The molecule has 2 saturated heterocycles. The molecule has 3 rings (SSSR count). The molecule has 1 aromatic rings. The Hall–Kier alpha value is -0.930. The van der Waals surface area contributed by atoms with Crippen LogP contribution in [0, 0.1) is 17.7 Å². The van der Waals surface area contributed by atoms with Crippen molar-refractivity contribution in [1.82, 2.24) is 4.90 Å². The van der Waals surface area contributed by atoms with Gasteiger partial charge in [0.1, 0.15) is 5.82 Å². The maximum Gasteiger partial charge on any atom is 0.123 e. The van der Waals surface area contributed by atoms with Crippen molar-refractivity contribution in [2.75, 3.05) is 26.3 Å². The molecule has 2 fully saturated rings. The normalized spacial score (nSPS) is 29.6. The van der Waals surface area contributed by atoms with E-state index in [9.17, 15) is 4.39 Å². The highest BCUT2D eigenvalue weighted by atomic mass is 19.1. The van der Waals surface area contributed by atoms with Crippen LogP contribution < -0.4 is 0 Å². The van der Waals surface area contributed by atoms with Gasteiger partial charge in [-0.05, 0) is 17.7 Å². The fraction of sp³-hybridized carbons (Fsp3) is 0.538. The van der Waals surface area contributed by atoms with Crippen molar-refractivity contribution in [3.05, 3.63) is 35.6 Å². The van der Waals surface area contributed by atoms with E-state index in [1.165, 1.54) is 17.7 Å². The van der Waals surface area contributed by atoms with Gasteiger partial charge in [0.25, 0.3) is 0 Å². The summed E-state index contributed by atoms with van der Waals surface area (Å²) in [4.78, 5) is 2.45. The van der Waals surface area contributed by atoms with Crippen molar-refractivity contribution in [3.63, 3.8) is 0 Å². The summed E-state index contributed by atoms with van der Waals surface area (Å²) < 4.78 is 18.2. The van der Waals surface area contributed by atoms with E-state index in [1.807, 2.05) is 12.1 Å². The molecule has 0 unspecified atom stereocenters. The maximum atomic E-state index is 12.8. The van der Waals surface area contributed by atoms with Gasteiger partial charge in [0, 0.05) is 31.5 Å². The predicted molar refractivity (Wildman–Crippen MR) is 59.5 cm³/mol. The zero-order valence-electron chi connectivity index (χ0n) is 9.23. The molecule has 2 heterocycles. The quantitative estimate of drug-likeness (QED) is 0.756. The predicted octanol–water partition coefficient (Wildman–Crippen LogP) is 1.90. The highest BCUT2D eigenvalue weighted by Crippen LogP contribution is 2.29. The molecular weight excluding hydrogens is 205 g/mol. The van der Waals surface area contributed by atoms with Gasteiger partial charge in [-0.25, -0.2) is 4.39 Å². The molecule has 0 saturated carbocycles. The Morgan fingerprint density at radius 2 is 1.75 bits per heavy atom. The smallest absolute Gasteiger partial charge is 0.123 e. The molecule has 86 valence electrons. The van der Waals surface area contributed by atoms with E-state index in [0.717, 1.165) is 44.7 Å². The van der Waals surface area contributed by atoms with E-state index >= 15 is 0 Å². The van der Waals surface area contributed by atoms with Crippen molar-refractivity contribution in [1.29, 1.82) is 0 Å². The third kappa shape index (κ3) is 1.97. The van der Waals surface area contributed by atoms with Gasteiger partial charge >= 0.3 is 0 Å². The molecule has 1 aromatic carbocycles. The molecule has 3 heteroatoms. The molecule has 2 aliphatic rings. The first kappa shape index (κ1) is 10.2. The molecule has 0 radical (unpaired) electrons. The van der Waals surface area contributed by atoms with E-state index in [1.54, 1.807) is 0 Å². The Morgan fingerprint density at radius 1 is 1.12 bits per heavy atom. The Morgan fingerprint density at radius 3 is 2.38 bits per heavy atom. The molecule has 0 N–H and O–H groups in total. The number of hydrogen-bond donors (Lipinski definition) is 0. The molecular formula is C13H16FNO. The van der Waals surface area contributed by atoms with E-state index < -0.39 is 0 Å². The minimum absolute atomic E-state index is 0.157. The first-order valence-electron chi connectivity index (χ1n) is 5.86. The maximum absolute atomic E-state index is 12.8. The summed E-state index contributed by atoms with van der Waals surface area (Å²) in [7, 11) is 0. The monoisotopic (exact) mass is 221 g/mol. The van der Waals surface area contributed by atoms with Crippen LogP contribution in [0.3, 0.4) is 0 Å². The van der Waals surface area contributed by atoms with Crippen LogP contribution in [0.15, 0.2) is 24.3 Å². The first-order valence-corrected chi connectivity index (χ1v) is 5.86. The first-order chi connectivity index (χ1) is 7.81. The number of hydrogen-bond acceptors (Lipinski definition) is 2. The average Bonchev–Trinajstić information content (AvgIpc) is 2.81. The van der Waals surface area contributed by atoms with Crippen LogP contribution in [0.2, 0.25) is 0 Å². The number of halogens is 1. The SMILES string of the molecule is Fc1ccc(CN2C[C@H]3COC[C@@H]3C2)cc1. The summed E-state index contributed by atoms with van der Waals surface area (Å²) in [6.45, 7) is 5.03. The van der Waals surface area contributed by atoms with Gasteiger partial charge in [0.2, 0.25) is 0 Å². The van der Waals surface area contributed by atoms with Gasteiger partial charge in [0.05, 0.1) is 13.2 Å². The minimum Gasteiger partial charge on any atom is -0.381 e. The summed E-state index contributed by atoms with van der Waals surface area (Å²) in [6, 6.07) is 6.82. The standard InChI is InChI=1S/C13H16FNO/c14-13-3-1-10(2-4-13)5-15-6-11-8-16-9-12(11)7-15/h1-4,11-12H,5-9H2/t11-,12-/m0/s1. The van der Waals surface area contributed by atoms with E-state index in [-0.39, 0.29) is 5.82 Å². The second-order valence-corrected chi connectivity index (χ2v) is 4.88. The lowest BCUT2D eigenvalue weighted by molar-refractivity contribution is 0.153. The fourth-order valence-electron chi connectivity index (χ4n) is 2.76. The summed E-state index contributed by atoms with van der Waals surface area (Å²) in [5.74, 6) is 1.29. The van der Waals surface area contributed by atoms with Crippen molar-refractivity contribution in [2.45, 2.75) is 6.54 Å². The average molecular weight is 221 g/mol. The second-order valence-electron chi connectivity index (χ2n) is 4.88. The van der Waals surface area contributed by atoms with Gasteiger partial charge < -0.3 is 4.74 Å². The number of likely N-dealkylation sites (tertiary alicyclic amines) is 1. The van der Waals surface area contributed by atoms with Crippen LogP contribution in [0.25, 0.3) is 0 Å². The number of benzene rings is 1. The Labute approximate surface area is 95.0 Å². The molecule has 0 aromatic heterocycles. The zero-order chi connectivity index (χ0) is 11.0. The summed E-state index contributed by atoms with van der Waals surface area (Å²) in [5.41, 5.74) is 1.20. The highest BCUT2D eigenvalue weighted by molar-refractivity contribution is 5.16. The van der Waals surface area contributed by atoms with Crippen molar-refractivity contribution < 1.29 is 9.13 Å². The molecule has 16 heavy (non-hydrogen) atoms. The number of fused-ring (bicyclic) bond motifs is 1. The van der Waals surface area contributed by atoms with Crippen LogP contribution >= 0.6 is 0 Å². The molecule has 2 atom stereocenters. The molecule has 0 aliphatic carbocycles. The Kier molecular flexibility index (Phi) is 2.65. The topological polar surface area (TPSA) is 12.5 Å². The van der Waals surface area contributed by atoms with Gasteiger partial charge in [-0.15, -0.1) is 0 Å². The van der Waals surface area contributed by atoms with Crippen LogP contribution in [-0.2, 0) is 11.3 Å². The molecule has 0 amide bonds. The van der Waals surface area contributed by atoms with Crippen LogP contribution in [-0.4, -0.2) is 31.2 Å². The number of ether oxygens (including phenoxy) is 1. The second kappa shape index (κ2) is 4.15. The van der Waals surface area contributed by atoms with Gasteiger partial charge in [-0.1, -0.05) is 12.1 Å². The zero-order valence-corrected chi connectivity index (χ0v) is 9.23. The van der Waals surface area contributed by atoms with Crippen molar-refractivity contribution in [2.24, 2.45) is 11.8 Å². The van der Waals surface area contributed by atoms with Crippen LogP contribution in [0.4, 0.5) is 4.39 Å².